The molecule has 1 aromatic rings. The molecule has 0 bridgehead atoms. The van der Waals surface area contributed by atoms with E-state index in [2.05, 4.69) is 9.97 Å². The van der Waals surface area contributed by atoms with E-state index in [1.807, 2.05) is 20.8 Å². The van der Waals surface area contributed by atoms with Crippen LogP contribution >= 0.6 is 0 Å². The molecule has 20 heavy (non-hydrogen) atoms. The molecule has 1 aliphatic carbocycles. The van der Waals surface area contributed by atoms with Crippen LogP contribution in [0.25, 0.3) is 0 Å². The van der Waals surface area contributed by atoms with E-state index >= 15 is 0 Å². The standard InChI is InChI=1S/C13H18F2N2O.C2H6/c1-2-11-7-12(17-9-16-11)18-8-10-3-5-13(14,15)6-4-10;1-2/h7,9-10H,2-6,8H2,1H3;1-2H3. The maximum Gasteiger partial charge on any atom is 0.248 e. The first-order valence-corrected chi connectivity index (χ1v) is 7.40. The maximum absolute atomic E-state index is 13.0. The quantitative estimate of drug-likeness (QED) is 0.829. The highest BCUT2D eigenvalue weighted by molar-refractivity contribution is 5.13. The second-order valence-electron chi connectivity index (χ2n) is 4.81. The molecule has 3 nitrogen and oxygen atoms in total. The number of ether oxygens (including phenoxy) is 1. The van der Waals surface area contributed by atoms with Gasteiger partial charge in [-0.1, -0.05) is 20.8 Å². The van der Waals surface area contributed by atoms with Crippen molar-refractivity contribution in [3.8, 4) is 5.88 Å². The predicted molar refractivity (Wildman–Crippen MR) is 75.2 cm³/mol. The number of alkyl halides is 2. The van der Waals surface area contributed by atoms with E-state index in [0.29, 0.717) is 25.3 Å². The second kappa shape index (κ2) is 8.12. The van der Waals surface area contributed by atoms with Crippen LogP contribution in [-0.4, -0.2) is 22.5 Å². The summed E-state index contributed by atoms with van der Waals surface area (Å²) in [5.74, 6) is -1.72. The zero-order valence-corrected chi connectivity index (χ0v) is 12.5. The summed E-state index contributed by atoms with van der Waals surface area (Å²) >= 11 is 0. The number of hydrogen-bond acceptors (Lipinski definition) is 3. The number of nitrogens with zero attached hydrogens (tertiary/aromatic N) is 2. The lowest BCUT2D eigenvalue weighted by molar-refractivity contribution is -0.0500. The van der Waals surface area contributed by atoms with E-state index < -0.39 is 5.92 Å². The van der Waals surface area contributed by atoms with E-state index in [4.69, 9.17) is 4.74 Å². The van der Waals surface area contributed by atoms with Gasteiger partial charge in [0.2, 0.25) is 11.8 Å². The van der Waals surface area contributed by atoms with Crippen molar-refractivity contribution in [2.75, 3.05) is 6.61 Å². The Bertz CT molecular complexity index is 389. The van der Waals surface area contributed by atoms with Crippen LogP contribution in [0.15, 0.2) is 12.4 Å². The Morgan fingerprint density at radius 1 is 1.25 bits per heavy atom. The molecule has 0 atom stereocenters. The normalized spacial score (nSPS) is 18.1. The third-order valence-electron chi connectivity index (χ3n) is 3.36. The highest BCUT2D eigenvalue weighted by atomic mass is 19.3. The van der Waals surface area contributed by atoms with Gasteiger partial charge in [-0.3, -0.25) is 0 Å². The van der Waals surface area contributed by atoms with Crippen LogP contribution in [0.4, 0.5) is 8.78 Å². The molecule has 2 rings (SSSR count). The van der Waals surface area contributed by atoms with E-state index in [-0.39, 0.29) is 18.8 Å². The van der Waals surface area contributed by atoms with E-state index in [0.717, 1.165) is 12.1 Å². The Morgan fingerprint density at radius 3 is 2.50 bits per heavy atom. The first-order chi connectivity index (χ1) is 9.59. The van der Waals surface area contributed by atoms with Gasteiger partial charge in [-0.15, -0.1) is 0 Å². The summed E-state index contributed by atoms with van der Waals surface area (Å²) in [6.45, 7) is 6.48. The van der Waals surface area contributed by atoms with Gasteiger partial charge >= 0.3 is 0 Å². The Hall–Kier alpha value is -1.26. The lowest BCUT2D eigenvalue weighted by Gasteiger charge is -2.27. The van der Waals surface area contributed by atoms with Gasteiger partial charge in [-0.25, -0.2) is 18.7 Å². The predicted octanol–water partition coefficient (Wildman–Crippen LogP) is 4.27. The summed E-state index contributed by atoms with van der Waals surface area (Å²) in [5, 5.41) is 0. The molecule has 0 amide bonds. The van der Waals surface area contributed by atoms with Gasteiger partial charge in [0.15, 0.2) is 0 Å². The van der Waals surface area contributed by atoms with Gasteiger partial charge in [0.1, 0.15) is 6.33 Å². The Kier molecular flexibility index (Phi) is 6.82. The van der Waals surface area contributed by atoms with Crippen LogP contribution in [0, 0.1) is 5.92 Å². The minimum absolute atomic E-state index is 0.0228. The van der Waals surface area contributed by atoms with Gasteiger partial charge in [-0.05, 0) is 25.2 Å². The molecule has 1 aliphatic rings. The van der Waals surface area contributed by atoms with Crippen LogP contribution < -0.4 is 4.74 Å². The zero-order valence-electron chi connectivity index (χ0n) is 12.5. The molecular formula is C15H24F2N2O. The molecule has 0 aromatic carbocycles. The van der Waals surface area contributed by atoms with Crippen molar-refractivity contribution >= 4 is 0 Å². The average Bonchev–Trinajstić information content (AvgIpc) is 2.48. The third kappa shape index (κ3) is 5.39. The van der Waals surface area contributed by atoms with Gasteiger partial charge in [0.25, 0.3) is 0 Å². The second-order valence-corrected chi connectivity index (χ2v) is 4.81. The van der Waals surface area contributed by atoms with E-state index in [1.54, 1.807) is 6.07 Å². The largest absolute Gasteiger partial charge is 0.477 e. The number of aromatic nitrogens is 2. The number of hydrogen-bond donors (Lipinski definition) is 0. The molecule has 0 saturated heterocycles. The molecule has 114 valence electrons. The smallest absolute Gasteiger partial charge is 0.248 e. The monoisotopic (exact) mass is 286 g/mol. The van der Waals surface area contributed by atoms with Crippen LogP contribution in [0.5, 0.6) is 5.88 Å². The van der Waals surface area contributed by atoms with E-state index in [9.17, 15) is 8.78 Å². The van der Waals surface area contributed by atoms with E-state index in [1.165, 1.54) is 6.33 Å². The number of halogens is 2. The number of rotatable bonds is 4. The topological polar surface area (TPSA) is 35.0 Å². The van der Waals surface area contributed by atoms with Crippen LogP contribution in [-0.2, 0) is 6.42 Å². The molecule has 0 N–H and O–H groups in total. The average molecular weight is 286 g/mol. The van der Waals surface area contributed by atoms with Crippen LogP contribution in [0.2, 0.25) is 0 Å². The van der Waals surface area contributed by atoms with Crippen LogP contribution in [0.3, 0.4) is 0 Å². The summed E-state index contributed by atoms with van der Waals surface area (Å²) in [7, 11) is 0. The van der Waals surface area contributed by atoms with Crippen LogP contribution in [0.1, 0.15) is 52.1 Å². The molecule has 1 saturated carbocycles. The van der Waals surface area contributed by atoms with Crippen molar-refractivity contribution in [1.82, 2.24) is 9.97 Å². The maximum atomic E-state index is 13.0. The summed E-state index contributed by atoms with van der Waals surface area (Å²) < 4.78 is 31.5. The molecule has 5 heteroatoms. The Morgan fingerprint density at radius 2 is 1.90 bits per heavy atom. The van der Waals surface area contributed by atoms with Crippen molar-refractivity contribution in [1.29, 1.82) is 0 Å². The van der Waals surface area contributed by atoms with Crippen molar-refractivity contribution in [2.45, 2.75) is 58.8 Å². The molecule has 0 aliphatic heterocycles. The van der Waals surface area contributed by atoms with Gasteiger partial charge in [0.05, 0.1) is 6.61 Å². The third-order valence-corrected chi connectivity index (χ3v) is 3.36. The SMILES string of the molecule is CC.CCc1cc(OCC2CCC(F)(F)CC2)ncn1. The fraction of sp³-hybridized carbons (Fsp3) is 0.733. The fourth-order valence-corrected chi connectivity index (χ4v) is 2.12. The minimum atomic E-state index is -2.47. The molecule has 0 unspecified atom stereocenters. The van der Waals surface area contributed by atoms with Gasteiger partial charge in [0, 0.05) is 24.6 Å². The molecule has 1 heterocycles. The molecule has 1 fully saturated rings. The Balaban J connectivity index is 0.000000956. The summed E-state index contributed by atoms with van der Waals surface area (Å²) in [6, 6.07) is 1.80. The lowest BCUT2D eigenvalue weighted by Crippen LogP contribution is -2.27. The molecule has 0 spiro atoms. The highest BCUT2D eigenvalue weighted by Crippen LogP contribution is 2.36. The van der Waals surface area contributed by atoms with Crippen molar-refractivity contribution in [3.63, 3.8) is 0 Å². The fourth-order valence-electron chi connectivity index (χ4n) is 2.12. The molecular weight excluding hydrogens is 262 g/mol. The molecule has 0 radical (unpaired) electrons. The number of aryl methyl sites for hydroxylation is 1. The Labute approximate surface area is 119 Å². The minimum Gasteiger partial charge on any atom is -0.477 e. The first kappa shape index (κ1) is 16.8. The van der Waals surface area contributed by atoms with Crippen molar-refractivity contribution in [3.05, 3.63) is 18.1 Å². The van der Waals surface area contributed by atoms with Gasteiger partial charge < -0.3 is 4.74 Å². The van der Waals surface area contributed by atoms with Gasteiger partial charge in [-0.2, -0.15) is 0 Å². The lowest BCUT2D eigenvalue weighted by atomic mass is 9.87. The zero-order chi connectivity index (χ0) is 15.0. The first-order valence-electron chi connectivity index (χ1n) is 7.40. The molecule has 1 aromatic heterocycles. The summed E-state index contributed by atoms with van der Waals surface area (Å²) in [4.78, 5) is 8.10. The van der Waals surface area contributed by atoms with Crippen molar-refractivity contribution in [2.24, 2.45) is 5.92 Å². The summed E-state index contributed by atoms with van der Waals surface area (Å²) in [5.41, 5.74) is 0.926. The highest BCUT2D eigenvalue weighted by Gasteiger charge is 2.35. The van der Waals surface area contributed by atoms with Crippen molar-refractivity contribution < 1.29 is 13.5 Å². The summed E-state index contributed by atoms with van der Waals surface area (Å²) in [6.07, 6.45) is 3.31.